The molecule has 1 saturated heterocycles. The number of carbonyl (C=O) groups excluding carboxylic acids is 2. The van der Waals surface area contributed by atoms with Crippen molar-refractivity contribution < 1.29 is 27.7 Å². The maximum Gasteiger partial charge on any atom is 0.496 e. The van der Waals surface area contributed by atoms with E-state index in [1.807, 2.05) is 51.8 Å². The molecule has 0 bridgehead atoms. The van der Waals surface area contributed by atoms with E-state index in [0.29, 0.717) is 47.2 Å². The number of aldehydes is 1. The molecule has 0 aliphatic carbocycles. The molecule has 190 valence electrons. The highest BCUT2D eigenvalue weighted by Gasteiger charge is 2.52. The van der Waals surface area contributed by atoms with Gasteiger partial charge in [-0.05, 0) is 64.4 Å². The third kappa shape index (κ3) is 4.65. The molecule has 0 unspecified atom stereocenters. The van der Waals surface area contributed by atoms with Crippen molar-refractivity contribution in [3.8, 4) is 11.3 Å². The molecule has 36 heavy (non-hydrogen) atoms. The number of fused-ring (bicyclic) bond motifs is 1. The van der Waals surface area contributed by atoms with Gasteiger partial charge in [0.1, 0.15) is 23.4 Å². The maximum atomic E-state index is 13.6. The summed E-state index contributed by atoms with van der Waals surface area (Å²) in [5.41, 5.74) is 1.90. The van der Waals surface area contributed by atoms with Gasteiger partial charge in [0, 0.05) is 55.2 Å². The minimum Gasteiger partial charge on any atom is -0.455 e. The highest BCUT2D eigenvalue weighted by molar-refractivity contribution is 6.64. The van der Waals surface area contributed by atoms with Crippen LogP contribution in [-0.2, 0) is 14.1 Å². The summed E-state index contributed by atoms with van der Waals surface area (Å²) in [5, 5.41) is 3.29. The molecule has 1 amide bonds. The Balaban J connectivity index is 1.92. The van der Waals surface area contributed by atoms with Gasteiger partial charge in [-0.15, -0.1) is 0 Å². The third-order valence-corrected chi connectivity index (χ3v) is 7.13. The summed E-state index contributed by atoms with van der Waals surface area (Å²) in [7, 11) is 2.81. The Labute approximate surface area is 211 Å². The minimum absolute atomic E-state index is 0.319. The van der Waals surface area contributed by atoms with Crippen LogP contribution >= 0.6 is 0 Å². The Hall–Kier alpha value is -3.17. The highest BCUT2D eigenvalue weighted by Crippen LogP contribution is 2.39. The Morgan fingerprint density at radius 2 is 1.75 bits per heavy atom. The maximum absolute atomic E-state index is 13.6. The molecule has 4 rings (SSSR count). The molecule has 1 aliphatic heterocycles. The molecule has 1 N–H and O–H groups in total. The SMILES string of the molecule is CNC(=O)c1c(-c2ccc(F)cc2)oc2cc(N(C)CCCC=O)c(B3OC(C)(C)C(C)(C)O3)cc12. The summed E-state index contributed by atoms with van der Waals surface area (Å²) in [6.07, 6.45) is 2.04. The lowest BCUT2D eigenvalue weighted by molar-refractivity contribution is -0.107. The van der Waals surface area contributed by atoms with E-state index in [-0.39, 0.29) is 11.7 Å². The predicted octanol–water partition coefficient (Wildman–Crippen LogP) is 4.31. The van der Waals surface area contributed by atoms with Crippen LogP contribution in [0.4, 0.5) is 10.1 Å². The van der Waals surface area contributed by atoms with E-state index >= 15 is 0 Å². The molecule has 2 heterocycles. The van der Waals surface area contributed by atoms with Gasteiger partial charge in [0.15, 0.2) is 0 Å². The van der Waals surface area contributed by atoms with Crippen molar-refractivity contribution in [2.75, 3.05) is 25.5 Å². The number of hydrogen-bond acceptors (Lipinski definition) is 6. The smallest absolute Gasteiger partial charge is 0.455 e. The van der Waals surface area contributed by atoms with Gasteiger partial charge < -0.3 is 28.7 Å². The van der Waals surface area contributed by atoms with Gasteiger partial charge >= 0.3 is 7.12 Å². The van der Waals surface area contributed by atoms with Crippen LogP contribution in [0.5, 0.6) is 0 Å². The molecular weight excluding hydrogens is 462 g/mol. The van der Waals surface area contributed by atoms with Crippen molar-refractivity contribution in [1.29, 1.82) is 0 Å². The molecule has 1 aromatic heterocycles. The summed E-state index contributed by atoms with van der Waals surface area (Å²) < 4.78 is 32.5. The molecular formula is C27H32BFN2O5. The van der Waals surface area contributed by atoms with Gasteiger partial charge in [-0.1, -0.05) is 0 Å². The first-order valence-corrected chi connectivity index (χ1v) is 12.1. The molecule has 0 spiro atoms. The second-order valence-electron chi connectivity index (χ2n) is 10.1. The van der Waals surface area contributed by atoms with Gasteiger partial charge in [-0.25, -0.2) is 4.39 Å². The van der Waals surface area contributed by atoms with E-state index in [1.165, 1.54) is 12.1 Å². The number of rotatable bonds is 8. The first-order valence-electron chi connectivity index (χ1n) is 12.1. The van der Waals surface area contributed by atoms with Crippen molar-refractivity contribution in [2.24, 2.45) is 0 Å². The summed E-state index contributed by atoms with van der Waals surface area (Å²) in [6.45, 7) is 8.57. The van der Waals surface area contributed by atoms with Crippen molar-refractivity contribution in [2.45, 2.75) is 51.7 Å². The number of hydrogen-bond donors (Lipinski definition) is 1. The topological polar surface area (TPSA) is 81.0 Å². The van der Waals surface area contributed by atoms with Crippen LogP contribution < -0.4 is 15.7 Å². The van der Waals surface area contributed by atoms with E-state index in [9.17, 15) is 14.0 Å². The fourth-order valence-corrected chi connectivity index (χ4v) is 4.33. The van der Waals surface area contributed by atoms with E-state index in [4.69, 9.17) is 13.7 Å². The second-order valence-corrected chi connectivity index (χ2v) is 10.1. The highest BCUT2D eigenvalue weighted by atomic mass is 19.1. The zero-order chi connectivity index (χ0) is 26.3. The number of anilines is 1. The van der Waals surface area contributed by atoms with Crippen LogP contribution in [0.3, 0.4) is 0 Å². The zero-order valence-electron chi connectivity index (χ0n) is 21.6. The lowest BCUT2D eigenvalue weighted by Crippen LogP contribution is -2.41. The quantitative estimate of drug-likeness (QED) is 0.286. The van der Waals surface area contributed by atoms with Gasteiger partial charge in [0.2, 0.25) is 0 Å². The monoisotopic (exact) mass is 494 g/mol. The van der Waals surface area contributed by atoms with Crippen LogP contribution in [0, 0.1) is 5.82 Å². The standard InChI is InChI=1S/C27H32BFN2O5/c1-26(2)27(3,4)36-28(35-26)20-15-19-22(16-21(20)31(6)13-7-8-14-32)34-24(23(19)25(33)30-5)17-9-11-18(29)12-10-17/h9-12,14-16H,7-8,13H2,1-6H3,(H,30,33). The Morgan fingerprint density at radius 3 is 2.33 bits per heavy atom. The van der Waals surface area contributed by atoms with E-state index in [2.05, 4.69) is 5.32 Å². The number of nitrogens with zero attached hydrogens (tertiary/aromatic N) is 1. The molecule has 3 aromatic rings. The summed E-state index contributed by atoms with van der Waals surface area (Å²) in [5.74, 6) is -0.344. The lowest BCUT2D eigenvalue weighted by Gasteiger charge is -2.32. The largest absolute Gasteiger partial charge is 0.496 e. The number of furan rings is 1. The van der Waals surface area contributed by atoms with Crippen LogP contribution in [0.2, 0.25) is 0 Å². The fraction of sp³-hybridized carbons (Fsp3) is 0.407. The average molecular weight is 494 g/mol. The number of carbonyl (C=O) groups is 2. The number of nitrogens with one attached hydrogen (secondary N) is 1. The molecule has 2 aromatic carbocycles. The number of amides is 1. The van der Waals surface area contributed by atoms with Crippen LogP contribution in [0.25, 0.3) is 22.3 Å². The second kappa shape index (κ2) is 9.71. The van der Waals surface area contributed by atoms with Gasteiger partial charge in [-0.2, -0.15) is 0 Å². The Morgan fingerprint density at radius 1 is 1.11 bits per heavy atom. The molecule has 0 radical (unpaired) electrons. The predicted molar refractivity (Wildman–Crippen MR) is 139 cm³/mol. The molecule has 7 nitrogen and oxygen atoms in total. The van der Waals surface area contributed by atoms with Crippen LogP contribution in [-0.4, -0.2) is 51.2 Å². The van der Waals surface area contributed by atoms with Gasteiger partial charge in [-0.3, -0.25) is 4.79 Å². The molecule has 0 atom stereocenters. The summed E-state index contributed by atoms with van der Waals surface area (Å²) in [4.78, 5) is 25.9. The number of benzene rings is 2. The Bertz CT molecular complexity index is 1270. The van der Waals surface area contributed by atoms with Gasteiger partial charge in [0.25, 0.3) is 5.91 Å². The van der Waals surface area contributed by atoms with Gasteiger partial charge in [0.05, 0.1) is 16.8 Å². The summed E-state index contributed by atoms with van der Waals surface area (Å²) >= 11 is 0. The fourth-order valence-electron chi connectivity index (χ4n) is 4.33. The van der Waals surface area contributed by atoms with Crippen molar-refractivity contribution in [3.05, 3.63) is 47.8 Å². The van der Waals surface area contributed by atoms with E-state index in [0.717, 1.165) is 17.4 Å². The zero-order valence-corrected chi connectivity index (χ0v) is 21.6. The molecule has 0 saturated carbocycles. The molecule has 1 fully saturated rings. The van der Waals surface area contributed by atoms with E-state index in [1.54, 1.807) is 19.2 Å². The normalized spacial score (nSPS) is 16.4. The average Bonchev–Trinajstić information content (AvgIpc) is 3.31. The minimum atomic E-state index is -0.676. The van der Waals surface area contributed by atoms with Crippen molar-refractivity contribution >= 4 is 41.4 Å². The summed E-state index contributed by atoms with van der Waals surface area (Å²) in [6, 6.07) is 9.58. The van der Waals surface area contributed by atoms with Crippen LogP contribution in [0.15, 0.2) is 40.8 Å². The molecule has 1 aliphatic rings. The molecule has 9 heteroatoms. The van der Waals surface area contributed by atoms with Crippen molar-refractivity contribution in [3.63, 3.8) is 0 Å². The number of halogens is 1. The first kappa shape index (κ1) is 25.9. The van der Waals surface area contributed by atoms with Crippen LogP contribution in [0.1, 0.15) is 50.9 Å². The third-order valence-electron chi connectivity index (χ3n) is 7.13. The Kier molecular flexibility index (Phi) is 6.99. The lowest BCUT2D eigenvalue weighted by atomic mass is 9.76. The first-order chi connectivity index (χ1) is 17.0. The van der Waals surface area contributed by atoms with E-state index < -0.39 is 18.3 Å². The number of unbranched alkanes of at least 4 members (excludes halogenated alkanes) is 1. The van der Waals surface area contributed by atoms with Crippen molar-refractivity contribution in [1.82, 2.24) is 5.32 Å².